The summed E-state index contributed by atoms with van der Waals surface area (Å²) in [6.07, 6.45) is -0.520. The predicted molar refractivity (Wildman–Crippen MR) is 76.5 cm³/mol. The zero-order valence-corrected chi connectivity index (χ0v) is 12.5. The summed E-state index contributed by atoms with van der Waals surface area (Å²) in [4.78, 5) is 11.6. The van der Waals surface area contributed by atoms with Gasteiger partial charge in [-0.1, -0.05) is 29.5 Å². The van der Waals surface area contributed by atoms with Gasteiger partial charge in [-0.3, -0.25) is 0 Å². The summed E-state index contributed by atoms with van der Waals surface area (Å²) in [6.45, 7) is 4.05. The van der Waals surface area contributed by atoms with Crippen LogP contribution in [0.5, 0.6) is 0 Å². The third kappa shape index (κ3) is 5.38. The molecule has 0 aliphatic rings. The Bertz CT molecular complexity index is 384. The Labute approximate surface area is 121 Å². The molecule has 0 aliphatic carbocycles. The molecular weight excluding hydrogens is 293 g/mol. The number of alkyl halides is 2. The molecule has 0 heterocycles. The molecule has 0 saturated heterocycles. The summed E-state index contributed by atoms with van der Waals surface area (Å²) in [6, 6.07) is 7.88. The molecule has 0 fully saturated rings. The minimum absolute atomic E-state index is 0.309. The van der Waals surface area contributed by atoms with E-state index in [4.69, 9.17) is 27.9 Å². The molecule has 6 heteroatoms. The van der Waals surface area contributed by atoms with E-state index in [1.165, 1.54) is 17.3 Å². The number of alkyl carbamates (subject to hydrolysis) is 1. The topological polar surface area (TPSA) is 38.3 Å². The van der Waals surface area contributed by atoms with Crippen molar-refractivity contribution < 1.29 is 9.53 Å². The highest BCUT2D eigenvalue weighted by Crippen LogP contribution is 2.28. The summed E-state index contributed by atoms with van der Waals surface area (Å²) in [7, 11) is 0. The van der Waals surface area contributed by atoms with Crippen molar-refractivity contribution in [1.29, 1.82) is 0 Å². The molecule has 0 aliphatic heterocycles. The maximum atomic E-state index is 11.3. The second kappa shape index (κ2) is 7.77. The van der Waals surface area contributed by atoms with Gasteiger partial charge in [-0.15, -0.1) is 23.2 Å². The molecule has 0 unspecified atom stereocenters. The molecule has 1 amide bonds. The van der Waals surface area contributed by atoms with Gasteiger partial charge in [0, 0.05) is 4.90 Å². The van der Waals surface area contributed by atoms with Crippen LogP contribution in [-0.2, 0) is 4.74 Å². The van der Waals surface area contributed by atoms with Gasteiger partial charge in [0.2, 0.25) is 0 Å². The molecule has 1 aromatic rings. The minimum atomic E-state index is -0.722. The number of nitrogens with one attached hydrogen (secondary N) is 1. The molecule has 1 aromatic carbocycles. The molecule has 1 rings (SSSR count). The second-order valence-electron chi connectivity index (χ2n) is 3.55. The van der Waals surface area contributed by atoms with Crippen molar-refractivity contribution in [1.82, 2.24) is 5.32 Å². The first-order chi connectivity index (χ1) is 8.52. The van der Waals surface area contributed by atoms with E-state index in [0.29, 0.717) is 6.61 Å². The molecule has 3 nitrogen and oxygen atoms in total. The largest absolute Gasteiger partial charge is 0.450 e. The van der Waals surface area contributed by atoms with Crippen LogP contribution in [-0.4, -0.2) is 22.9 Å². The molecule has 100 valence electrons. The van der Waals surface area contributed by atoms with Crippen LogP contribution >= 0.6 is 35.0 Å². The number of thioether (sulfide) groups is 1. The molecule has 0 radical (unpaired) electrons. The number of aryl methyl sites for hydroxylation is 1. The third-order valence-corrected chi connectivity index (χ3v) is 4.04. The van der Waals surface area contributed by atoms with Gasteiger partial charge in [0.25, 0.3) is 0 Å². The van der Waals surface area contributed by atoms with Crippen LogP contribution in [0.1, 0.15) is 12.5 Å². The van der Waals surface area contributed by atoms with Crippen LogP contribution in [0.3, 0.4) is 0 Å². The lowest BCUT2D eigenvalue weighted by Gasteiger charge is -2.18. The first-order valence-corrected chi connectivity index (χ1v) is 7.23. The predicted octanol–water partition coefficient (Wildman–Crippen LogP) is 3.96. The van der Waals surface area contributed by atoms with Crippen LogP contribution in [0.4, 0.5) is 4.79 Å². The first-order valence-electron chi connectivity index (χ1n) is 5.47. The third-order valence-electron chi connectivity index (χ3n) is 2.05. The van der Waals surface area contributed by atoms with Crippen LogP contribution in [0.15, 0.2) is 29.2 Å². The van der Waals surface area contributed by atoms with Crippen LogP contribution in [0.2, 0.25) is 0 Å². The molecule has 0 saturated carbocycles. The highest BCUT2D eigenvalue weighted by molar-refractivity contribution is 8.00. The normalized spacial score (nSPS) is 12.3. The van der Waals surface area contributed by atoms with E-state index >= 15 is 0 Å². The van der Waals surface area contributed by atoms with Crippen molar-refractivity contribution in [2.75, 3.05) is 6.61 Å². The minimum Gasteiger partial charge on any atom is -0.450 e. The lowest BCUT2D eigenvalue weighted by molar-refractivity contribution is 0.151. The number of ether oxygens (including phenoxy) is 1. The first kappa shape index (κ1) is 15.5. The standard InChI is InChI=1S/C12H15Cl2NO2S/c1-3-17-12(16)15-11(10(13)14)18-9-6-4-8(2)5-7-9/h4-7,10-11H,3H2,1-2H3,(H,15,16)/t11-/m1/s1. The van der Waals surface area contributed by atoms with Gasteiger partial charge < -0.3 is 10.1 Å². The molecule has 0 bridgehead atoms. The fourth-order valence-corrected chi connectivity index (χ4v) is 2.48. The van der Waals surface area contributed by atoms with Crippen molar-refractivity contribution in [3.8, 4) is 0 Å². The SMILES string of the molecule is CCOC(=O)N[C@H](Sc1ccc(C)cc1)C(Cl)Cl. The number of hydrogen-bond acceptors (Lipinski definition) is 3. The number of amides is 1. The summed E-state index contributed by atoms with van der Waals surface area (Å²) >= 11 is 13.1. The zero-order valence-electron chi connectivity index (χ0n) is 10.2. The van der Waals surface area contributed by atoms with Gasteiger partial charge in [-0.2, -0.15) is 0 Å². The molecule has 0 aromatic heterocycles. The van der Waals surface area contributed by atoms with E-state index in [1.54, 1.807) is 6.92 Å². The quantitative estimate of drug-likeness (QED) is 0.508. The summed E-state index contributed by atoms with van der Waals surface area (Å²) in [5.41, 5.74) is 1.17. The lowest BCUT2D eigenvalue weighted by Crippen LogP contribution is -2.37. The average molecular weight is 308 g/mol. The van der Waals surface area contributed by atoms with Gasteiger partial charge in [0.05, 0.1) is 6.61 Å². The summed E-state index contributed by atoms with van der Waals surface area (Å²) < 4.78 is 4.80. The number of rotatable bonds is 5. The number of carbonyl (C=O) groups is 1. The Morgan fingerprint density at radius 3 is 2.50 bits per heavy atom. The number of benzene rings is 1. The van der Waals surface area contributed by atoms with Gasteiger partial charge in [-0.25, -0.2) is 4.79 Å². The van der Waals surface area contributed by atoms with Gasteiger partial charge in [0.1, 0.15) is 10.2 Å². The monoisotopic (exact) mass is 307 g/mol. The average Bonchev–Trinajstić information content (AvgIpc) is 2.31. The maximum absolute atomic E-state index is 11.3. The Morgan fingerprint density at radius 1 is 1.39 bits per heavy atom. The highest BCUT2D eigenvalue weighted by Gasteiger charge is 2.21. The number of hydrogen-bond donors (Lipinski definition) is 1. The molecule has 1 N–H and O–H groups in total. The molecule has 1 atom stereocenters. The van der Waals surface area contributed by atoms with Crippen molar-refractivity contribution in [3.63, 3.8) is 0 Å². The Morgan fingerprint density at radius 2 is 2.00 bits per heavy atom. The fraction of sp³-hybridized carbons (Fsp3) is 0.417. The lowest BCUT2D eigenvalue weighted by atomic mass is 10.2. The maximum Gasteiger partial charge on any atom is 0.408 e. The van der Waals surface area contributed by atoms with Crippen LogP contribution in [0.25, 0.3) is 0 Å². The van der Waals surface area contributed by atoms with Crippen molar-refractivity contribution in [2.45, 2.75) is 29.0 Å². The Kier molecular flexibility index (Phi) is 6.68. The zero-order chi connectivity index (χ0) is 13.5. The smallest absolute Gasteiger partial charge is 0.408 e. The number of halogens is 2. The highest BCUT2D eigenvalue weighted by atomic mass is 35.5. The van der Waals surface area contributed by atoms with Crippen molar-refractivity contribution in [3.05, 3.63) is 29.8 Å². The number of carbonyl (C=O) groups excluding carboxylic acids is 1. The van der Waals surface area contributed by atoms with Gasteiger partial charge >= 0.3 is 6.09 Å². The van der Waals surface area contributed by atoms with E-state index in [1.807, 2.05) is 31.2 Å². The van der Waals surface area contributed by atoms with Crippen LogP contribution in [0, 0.1) is 6.92 Å². The molecule has 0 spiro atoms. The summed E-state index contributed by atoms with van der Waals surface area (Å²) in [5, 5.41) is 2.17. The van der Waals surface area contributed by atoms with E-state index in [0.717, 1.165) is 4.90 Å². The fourth-order valence-electron chi connectivity index (χ4n) is 1.20. The van der Waals surface area contributed by atoms with E-state index in [9.17, 15) is 4.79 Å². The Balaban J connectivity index is 2.62. The Hall–Kier alpha value is -0.580. The summed E-state index contributed by atoms with van der Waals surface area (Å²) in [5.74, 6) is 0. The van der Waals surface area contributed by atoms with E-state index < -0.39 is 16.3 Å². The van der Waals surface area contributed by atoms with E-state index in [-0.39, 0.29) is 0 Å². The van der Waals surface area contributed by atoms with Gasteiger partial charge in [0.15, 0.2) is 0 Å². The van der Waals surface area contributed by atoms with Gasteiger partial charge in [-0.05, 0) is 26.0 Å². The van der Waals surface area contributed by atoms with Crippen molar-refractivity contribution >= 4 is 41.1 Å². The van der Waals surface area contributed by atoms with E-state index in [2.05, 4.69) is 5.32 Å². The second-order valence-corrected chi connectivity index (χ2v) is 5.93. The molecular formula is C12H15Cl2NO2S. The van der Waals surface area contributed by atoms with Crippen molar-refractivity contribution in [2.24, 2.45) is 0 Å². The van der Waals surface area contributed by atoms with Crippen LogP contribution < -0.4 is 5.32 Å². The molecule has 18 heavy (non-hydrogen) atoms.